The fourth-order valence-corrected chi connectivity index (χ4v) is 3.99. The fraction of sp³-hybridized carbons (Fsp3) is 0.278. The van der Waals surface area contributed by atoms with Gasteiger partial charge in [-0.1, -0.05) is 11.6 Å². The molecule has 144 valence electrons. The lowest BCUT2D eigenvalue weighted by atomic mass is 10.1. The van der Waals surface area contributed by atoms with Crippen LogP contribution in [0.5, 0.6) is 0 Å². The van der Waals surface area contributed by atoms with Gasteiger partial charge < -0.3 is 14.9 Å². The summed E-state index contributed by atoms with van der Waals surface area (Å²) < 4.78 is 37.0. The van der Waals surface area contributed by atoms with E-state index in [1.54, 1.807) is 18.2 Å². The summed E-state index contributed by atoms with van der Waals surface area (Å²) in [6, 6.07) is 10.4. The van der Waals surface area contributed by atoms with Gasteiger partial charge in [0.15, 0.2) is 9.84 Å². The maximum atomic E-state index is 13.6. The Hall–Kier alpha value is -2.32. The molecule has 0 unspecified atom stereocenters. The molecule has 1 saturated heterocycles. The summed E-state index contributed by atoms with van der Waals surface area (Å²) in [5.74, 6) is -0.550. The van der Waals surface area contributed by atoms with Gasteiger partial charge in [0.25, 0.3) is 0 Å². The molecule has 9 heteroatoms. The number of hydrogen-bond acceptors (Lipinski definition) is 4. The second-order valence-corrected chi connectivity index (χ2v) is 8.83. The van der Waals surface area contributed by atoms with Gasteiger partial charge in [0, 0.05) is 30.7 Å². The molecule has 6 nitrogen and oxygen atoms in total. The molecule has 0 bridgehead atoms. The summed E-state index contributed by atoms with van der Waals surface area (Å²) in [7, 11) is -3.34. The van der Waals surface area contributed by atoms with Gasteiger partial charge >= 0.3 is 6.09 Å². The number of benzene rings is 2. The van der Waals surface area contributed by atoms with Crippen LogP contribution < -0.4 is 4.90 Å². The Labute approximate surface area is 161 Å². The molecule has 1 aliphatic rings. The number of rotatable bonds is 4. The van der Waals surface area contributed by atoms with Gasteiger partial charge in [-0.2, -0.15) is 0 Å². The fourth-order valence-electron chi connectivity index (χ4n) is 3.19. The molecule has 1 N–H and O–H groups in total. The van der Waals surface area contributed by atoms with E-state index in [-0.39, 0.29) is 22.5 Å². The van der Waals surface area contributed by atoms with Gasteiger partial charge in [0.1, 0.15) is 5.82 Å². The number of halogens is 2. The lowest BCUT2D eigenvalue weighted by Gasteiger charge is -2.31. The van der Waals surface area contributed by atoms with E-state index in [9.17, 15) is 22.7 Å². The van der Waals surface area contributed by atoms with Crippen molar-refractivity contribution in [1.82, 2.24) is 4.90 Å². The Morgan fingerprint density at radius 2 is 1.85 bits per heavy atom. The summed E-state index contributed by atoms with van der Waals surface area (Å²) >= 11 is 5.93. The van der Waals surface area contributed by atoms with Crippen molar-refractivity contribution in [3.63, 3.8) is 0 Å². The average Bonchev–Trinajstić information content (AvgIpc) is 3.08. The van der Waals surface area contributed by atoms with Crippen LogP contribution >= 0.6 is 11.6 Å². The number of nitrogens with zero attached hydrogens (tertiary/aromatic N) is 2. The maximum absolute atomic E-state index is 13.6. The van der Waals surface area contributed by atoms with Crippen LogP contribution in [0.1, 0.15) is 6.42 Å². The summed E-state index contributed by atoms with van der Waals surface area (Å²) in [5, 5.41) is 9.19. The number of sulfone groups is 1. The molecule has 0 aliphatic carbocycles. The van der Waals surface area contributed by atoms with Crippen LogP contribution in [-0.2, 0) is 9.84 Å². The summed E-state index contributed by atoms with van der Waals surface area (Å²) in [6.07, 6.45) is 0.707. The van der Waals surface area contributed by atoms with E-state index >= 15 is 0 Å². The molecule has 27 heavy (non-hydrogen) atoms. The van der Waals surface area contributed by atoms with E-state index in [1.807, 2.05) is 4.90 Å². The van der Waals surface area contributed by atoms with E-state index in [0.717, 1.165) is 6.26 Å². The van der Waals surface area contributed by atoms with E-state index in [2.05, 4.69) is 0 Å². The van der Waals surface area contributed by atoms with E-state index in [1.165, 1.54) is 29.2 Å². The Kier molecular flexibility index (Phi) is 5.30. The van der Waals surface area contributed by atoms with Crippen molar-refractivity contribution in [2.24, 2.45) is 0 Å². The number of likely N-dealkylation sites (tertiary alicyclic amines) is 1. The molecule has 0 saturated carbocycles. The van der Waals surface area contributed by atoms with Crippen LogP contribution in [0.3, 0.4) is 0 Å². The predicted octanol–water partition coefficient (Wildman–Crippen LogP) is 3.77. The summed E-state index contributed by atoms with van der Waals surface area (Å²) in [4.78, 5) is 14.6. The molecule has 2 aromatic rings. The second kappa shape index (κ2) is 7.36. The smallest absolute Gasteiger partial charge is 0.407 e. The zero-order valence-electron chi connectivity index (χ0n) is 14.5. The van der Waals surface area contributed by atoms with Crippen LogP contribution in [0, 0.1) is 5.82 Å². The van der Waals surface area contributed by atoms with Crippen LogP contribution in [0.25, 0.3) is 0 Å². The van der Waals surface area contributed by atoms with Crippen LogP contribution in [0.2, 0.25) is 5.02 Å². The molecule has 0 spiro atoms. The molecule has 1 amide bonds. The highest BCUT2D eigenvalue weighted by atomic mass is 35.5. The molecule has 0 radical (unpaired) electrons. The Morgan fingerprint density at radius 1 is 1.22 bits per heavy atom. The molecular weight excluding hydrogens is 395 g/mol. The summed E-state index contributed by atoms with van der Waals surface area (Å²) in [6.45, 7) is 0.658. The zero-order chi connectivity index (χ0) is 19.8. The third-order valence-electron chi connectivity index (χ3n) is 4.52. The third kappa shape index (κ3) is 4.17. The molecule has 1 atom stereocenters. The predicted molar refractivity (Wildman–Crippen MR) is 101 cm³/mol. The van der Waals surface area contributed by atoms with Gasteiger partial charge in [0.05, 0.1) is 16.0 Å². The highest BCUT2D eigenvalue weighted by Crippen LogP contribution is 2.34. The lowest BCUT2D eigenvalue weighted by Crippen LogP contribution is -2.35. The minimum atomic E-state index is -3.34. The third-order valence-corrected chi connectivity index (χ3v) is 5.94. The monoisotopic (exact) mass is 412 g/mol. The van der Waals surface area contributed by atoms with Gasteiger partial charge in [-0.3, -0.25) is 0 Å². The van der Waals surface area contributed by atoms with E-state index in [4.69, 9.17) is 11.6 Å². The quantitative estimate of drug-likeness (QED) is 0.826. The highest BCUT2D eigenvalue weighted by Gasteiger charge is 2.31. The van der Waals surface area contributed by atoms with Crippen molar-refractivity contribution < 1.29 is 22.7 Å². The van der Waals surface area contributed by atoms with Crippen LogP contribution in [0.15, 0.2) is 47.4 Å². The van der Waals surface area contributed by atoms with Gasteiger partial charge in [-0.25, -0.2) is 17.6 Å². The van der Waals surface area contributed by atoms with Crippen molar-refractivity contribution in [2.45, 2.75) is 17.4 Å². The molecule has 1 aliphatic heterocycles. The maximum Gasteiger partial charge on any atom is 0.407 e. The number of carbonyl (C=O) groups is 1. The minimum absolute atomic E-state index is 0.0432. The van der Waals surface area contributed by atoms with Crippen molar-refractivity contribution in [3.05, 3.63) is 53.3 Å². The second-order valence-electron chi connectivity index (χ2n) is 6.41. The lowest BCUT2D eigenvalue weighted by molar-refractivity contribution is 0.155. The normalized spacial score (nSPS) is 17.1. The molecule has 0 aromatic heterocycles. The Bertz CT molecular complexity index is 966. The van der Waals surface area contributed by atoms with Crippen molar-refractivity contribution >= 4 is 38.9 Å². The largest absolute Gasteiger partial charge is 0.465 e. The first kappa shape index (κ1) is 19.4. The van der Waals surface area contributed by atoms with E-state index in [0.29, 0.717) is 24.3 Å². The van der Waals surface area contributed by atoms with Crippen molar-refractivity contribution in [2.75, 3.05) is 24.2 Å². The van der Waals surface area contributed by atoms with Gasteiger partial charge in [-0.05, 0) is 48.9 Å². The zero-order valence-corrected chi connectivity index (χ0v) is 16.0. The van der Waals surface area contributed by atoms with Crippen molar-refractivity contribution in [3.8, 4) is 0 Å². The Balaban J connectivity index is 2.02. The van der Waals surface area contributed by atoms with Crippen LogP contribution in [0.4, 0.5) is 20.6 Å². The number of carboxylic acid groups (broad SMARTS) is 1. The molecule has 1 heterocycles. The number of hydrogen-bond donors (Lipinski definition) is 1. The number of anilines is 2. The molecule has 1 fully saturated rings. The first-order valence-corrected chi connectivity index (χ1v) is 10.5. The first-order valence-electron chi connectivity index (χ1n) is 8.19. The molecular formula is C18H18ClFN2O4S. The topological polar surface area (TPSA) is 77.9 Å². The molecule has 3 rings (SSSR count). The minimum Gasteiger partial charge on any atom is -0.465 e. The molecule has 2 aromatic carbocycles. The van der Waals surface area contributed by atoms with Gasteiger partial charge in [0.2, 0.25) is 0 Å². The standard InChI is InChI=1S/C18H18ClFN2O4S/c1-27(25,26)15-5-2-12(3-6-15)22(13-4-7-17(20)16(19)10-13)14-8-9-21(11-14)18(23)24/h2-7,10,14H,8-9,11H2,1H3,(H,23,24)/t14-/m0/s1. The SMILES string of the molecule is CS(=O)(=O)c1ccc(N(c2ccc(F)c(Cl)c2)[C@H]2CCN(C(=O)O)C2)cc1. The Morgan fingerprint density at radius 3 is 2.37 bits per heavy atom. The van der Waals surface area contributed by atoms with Crippen molar-refractivity contribution in [1.29, 1.82) is 0 Å². The van der Waals surface area contributed by atoms with Gasteiger partial charge in [-0.15, -0.1) is 0 Å². The average molecular weight is 413 g/mol. The highest BCUT2D eigenvalue weighted by molar-refractivity contribution is 7.90. The van der Waals surface area contributed by atoms with E-state index < -0.39 is 21.7 Å². The van der Waals surface area contributed by atoms with Crippen LogP contribution in [-0.4, -0.2) is 49.9 Å². The first-order chi connectivity index (χ1) is 12.7. The number of amides is 1. The summed E-state index contributed by atoms with van der Waals surface area (Å²) in [5.41, 5.74) is 1.27.